The molecule has 0 bridgehead atoms. The number of benzene rings is 2. The molecule has 0 radical (unpaired) electrons. The maximum absolute atomic E-state index is 15.1. The van der Waals surface area contributed by atoms with E-state index >= 15 is 4.39 Å². The number of nitrogen functional groups attached to an aromatic ring is 1. The third-order valence-corrected chi connectivity index (χ3v) is 5.81. The number of pyridine rings is 1. The van der Waals surface area contributed by atoms with E-state index in [0.717, 1.165) is 11.3 Å². The number of nitrogens with two attached hydrogens (primary N) is 1. The first-order chi connectivity index (χ1) is 16.3. The lowest BCUT2D eigenvalue weighted by atomic mass is 10.0. The van der Waals surface area contributed by atoms with Gasteiger partial charge in [-0.05, 0) is 47.5 Å². The molecule has 0 fully saturated rings. The van der Waals surface area contributed by atoms with Crippen LogP contribution in [0.15, 0.2) is 65.9 Å². The fourth-order valence-corrected chi connectivity index (χ4v) is 4.11. The number of aryl methyl sites for hydroxylation is 1. The minimum atomic E-state index is -0.678. The van der Waals surface area contributed by atoms with E-state index in [1.165, 1.54) is 18.2 Å². The van der Waals surface area contributed by atoms with Gasteiger partial charge in [-0.1, -0.05) is 33.8 Å². The number of hydrogen-bond acceptors (Lipinski definition) is 6. The lowest BCUT2D eigenvalue weighted by Crippen LogP contribution is -2.23. The van der Waals surface area contributed by atoms with Gasteiger partial charge in [0.1, 0.15) is 17.5 Å². The molecule has 0 spiro atoms. The van der Waals surface area contributed by atoms with E-state index in [4.69, 9.17) is 5.73 Å². The van der Waals surface area contributed by atoms with E-state index in [1.54, 1.807) is 48.4 Å². The largest absolute Gasteiger partial charge is 0.394 e. The van der Waals surface area contributed by atoms with Crippen LogP contribution in [0.4, 0.5) is 14.6 Å². The average molecular weight is 527 g/mol. The van der Waals surface area contributed by atoms with E-state index < -0.39 is 17.7 Å². The standard InChI is InChI=1S/C24H21BrF2N6O/c1-13(31-22(12-34)15-5-17(25)9-18(26)6-15)19-4-3-14(8-21(19)27)20-7-16(10-29-24(20)28)23-11-30-32-33(23)2/h3-11,22,31,34H,1,12H2,2H3,(H2,28,29)/t22-/m1/s1. The van der Waals surface area contributed by atoms with Gasteiger partial charge in [0.2, 0.25) is 0 Å². The smallest absolute Gasteiger partial charge is 0.133 e. The van der Waals surface area contributed by atoms with E-state index in [0.29, 0.717) is 21.2 Å². The third-order valence-electron chi connectivity index (χ3n) is 5.35. The molecule has 7 nitrogen and oxygen atoms in total. The van der Waals surface area contributed by atoms with Crippen LogP contribution in [0.2, 0.25) is 0 Å². The lowest BCUT2D eigenvalue weighted by molar-refractivity contribution is 0.256. The van der Waals surface area contributed by atoms with Crippen molar-refractivity contribution in [2.45, 2.75) is 6.04 Å². The molecule has 2 aromatic carbocycles. The zero-order valence-electron chi connectivity index (χ0n) is 18.1. The van der Waals surface area contributed by atoms with Gasteiger partial charge in [-0.2, -0.15) is 0 Å². The Labute approximate surface area is 203 Å². The first-order valence-electron chi connectivity index (χ1n) is 10.2. The van der Waals surface area contributed by atoms with Crippen LogP contribution < -0.4 is 11.1 Å². The van der Waals surface area contributed by atoms with E-state index in [9.17, 15) is 9.50 Å². The molecule has 174 valence electrons. The number of halogens is 3. The Hall–Kier alpha value is -3.63. The van der Waals surface area contributed by atoms with Gasteiger partial charge in [0.25, 0.3) is 0 Å². The van der Waals surface area contributed by atoms with Gasteiger partial charge in [-0.25, -0.2) is 18.4 Å². The summed E-state index contributed by atoms with van der Waals surface area (Å²) >= 11 is 3.24. The summed E-state index contributed by atoms with van der Waals surface area (Å²) in [6.45, 7) is 3.56. The summed E-state index contributed by atoms with van der Waals surface area (Å²) < 4.78 is 31.0. The maximum atomic E-state index is 15.1. The number of aliphatic hydroxyl groups excluding tert-OH is 1. The van der Waals surface area contributed by atoms with E-state index in [-0.39, 0.29) is 23.7 Å². The Bertz CT molecular complexity index is 1350. The predicted molar refractivity (Wildman–Crippen MR) is 130 cm³/mol. The van der Waals surface area contributed by atoms with Crippen LogP contribution in [-0.2, 0) is 7.05 Å². The topological polar surface area (TPSA) is 102 Å². The molecule has 4 N–H and O–H groups in total. The van der Waals surface area contributed by atoms with Crippen molar-refractivity contribution in [3.05, 3.63) is 88.7 Å². The second-order valence-electron chi connectivity index (χ2n) is 7.66. The summed E-state index contributed by atoms with van der Waals surface area (Å²) in [5.41, 5.74) is 9.57. The molecule has 0 saturated carbocycles. The lowest BCUT2D eigenvalue weighted by Gasteiger charge is -2.21. The number of aliphatic hydroxyl groups is 1. The summed E-state index contributed by atoms with van der Waals surface area (Å²) in [5.74, 6) is -0.750. The van der Waals surface area contributed by atoms with Crippen LogP contribution in [0, 0.1) is 11.6 Å². The van der Waals surface area contributed by atoms with Gasteiger partial charge in [-0.3, -0.25) is 0 Å². The molecule has 0 aliphatic rings. The van der Waals surface area contributed by atoms with Gasteiger partial charge in [-0.15, -0.1) is 5.10 Å². The van der Waals surface area contributed by atoms with E-state index in [1.807, 2.05) is 0 Å². The summed E-state index contributed by atoms with van der Waals surface area (Å²) in [7, 11) is 1.76. The Morgan fingerprint density at radius 1 is 1.18 bits per heavy atom. The van der Waals surface area contributed by atoms with Crippen molar-refractivity contribution >= 4 is 27.4 Å². The van der Waals surface area contributed by atoms with Crippen molar-refractivity contribution in [1.82, 2.24) is 25.3 Å². The molecule has 2 heterocycles. The zero-order chi connectivity index (χ0) is 24.4. The number of nitrogens with one attached hydrogen (secondary N) is 1. The van der Waals surface area contributed by atoms with Crippen molar-refractivity contribution in [2.75, 3.05) is 12.3 Å². The van der Waals surface area contributed by atoms with E-state index in [2.05, 4.69) is 43.1 Å². The molecular formula is C24H21BrF2N6O. The highest BCUT2D eigenvalue weighted by Gasteiger charge is 2.17. The number of anilines is 1. The van der Waals surface area contributed by atoms with Crippen LogP contribution in [0.25, 0.3) is 28.1 Å². The van der Waals surface area contributed by atoms with Crippen molar-refractivity contribution < 1.29 is 13.9 Å². The quantitative estimate of drug-likeness (QED) is 0.328. The highest BCUT2D eigenvalue weighted by Crippen LogP contribution is 2.31. The highest BCUT2D eigenvalue weighted by atomic mass is 79.9. The molecule has 10 heteroatoms. The maximum Gasteiger partial charge on any atom is 0.133 e. The van der Waals surface area contributed by atoms with Crippen molar-refractivity contribution in [3.8, 4) is 22.4 Å². The monoisotopic (exact) mass is 526 g/mol. The molecule has 0 aliphatic heterocycles. The molecule has 4 rings (SSSR count). The number of rotatable bonds is 7. The Kier molecular flexibility index (Phi) is 6.71. The summed E-state index contributed by atoms with van der Waals surface area (Å²) in [6, 6.07) is 10.0. The van der Waals surface area contributed by atoms with Gasteiger partial charge in [0, 0.05) is 40.1 Å². The minimum Gasteiger partial charge on any atom is -0.394 e. The first kappa shape index (κ1) is 23.5. The van der Waals surface area contributed by atoms with Crippen molar-refractivity contribution in [2.24, 2.45) is 7.05 Å². The number of aromatic nitrogens is 4. The molecule has 0 unspecified atom stereocenters. The molecular weight excluding hydrogens is 506 g/mol. The second kappa shape index (κ2) is 9.70. The zero-order valence-corrected chi connectivity index (χ0v) is 19.7. The van der Waals surface area contributed by atoms with Crippen LogP contribution in [0.5, 0.6) is 0 Å². The molecule has 2 aromatic heterocycles. The summed E-state index contributed by atoms with van der Waals surface area (Å²) in [6.07, 6.45) is 3.21. The van der Waals surface area contributed by atoms with Gasteiger partial charge >= 0.3 is 0 Å². The first-order valence-corrected chi connectivity index (χ1v) is 11.0. The highest BCUT2D eigenvalue weighted by molar-refractivity contribution is 9.10. The molecule has 0 aliphatic carbocycles. The minimum absolute atomic E-state index is 0.205. The normalized spacial score (nSPS) is 11.9. The summed E-state index contributed by atoms with van der Waals surface area (Å²) in [4.78, 5) is 4.23. The number of hydrogen-bond donors (Lipinski definition) is 3. The molecule has 1 atom stereocenters. The predicted octanol–water partition coefficient (Wildman–Crippen LogP) is 4.46. The van der Waals surface area contributed by atoms with Gasteiger partial charge < -0.3 is 16.2 Å². The second-order valence-corrected chi connectivity index (χ2v) is 8.57. The summed E-state index contributed by atoms with van der Waals surface area (Å²) in [5, 5.41) is 20.6. The van der Waals surface area contributed by atoms with Gasteiger partial charge in [0.15, 0.2) is 0 Å². The SMILES string of the molecule is C=C(N[C@H](CO)c1cc(F)cc(Br)c1)c1ccc(-c2cc(-c3cnnn3C)cnc2N)cc1F. The third kappa shape index (κ3) is 4.82. The van der Waals surface area contributed by atoms with Crippen LogP contribution in [0.3, 0.4) is 0 Å². The van der Waals surface area contributed by atoms with Gasteiger partial charge in [0.05, 0.1) is 24.5 Å². The molecule has 0 amide bonds. The van der Waals surface area contributed by atoms with Crippen molar-refractivity contribution in [3.63, 3.8) is 0 Å². The van der Waals surface area contributed by atoms with Crippen LogP contribution >= 0.6 is 15.9 Å². The fourth-order valence-electron chi connectivity index (χ4n) is 3.62. The Morgan fingerprint density at radius 3 is 2.62 bits per heavy atom. The molecule has 4 aromatic rings. The Balaban J connectivity index is 1.61. The number of nitrogens with zero attached hydrogens (tertiary/aromatic N) is 4. The fraction of sp³-hybridized carbons (Fsp3) is 0.125. The van der Waals surface area contributed by atoms with Crippen molar-refractivity contribution in [1.29, 1.82) is 0 Å². The molecule has 34 heavy (non-hydrogen) atoms. The molecule has 0 saturated heterocycles. The average Bonchev–Trinajstić information content (AvgIpc) is 3.22. The van der Waals surface area contributed by atoms with Crippen LogP contribution in [0.1, 0.15) is 17.2 Å². The Morgan fingerprint density at radius 2 is 1.97 bits per heavy atom. The van der Waals surface area contributed by atoms with Crippen LogP contribution in [-0.4, -0.2) is 31.7 Å².